The Morgan fingerprint density at radius 1 is 1.03 bits per heavy atom. The Hall–Kier alpha value is -3.60. The van der Waals surface area contributed by atoms with Crippen molar-refractivity contribution >= 4 is 23.5 Å². The van der Waals surface area contributed by atoms with Gasteiger partial charge in [-0.1, -0.05) is 29.8 Å². The van der Waals surface area contributed by atoms with Crippen molar-refractivity contribution in [3.8, 4) is 5.75 Å². The van der Waals surface area contributed by atoms with Crippen molar-refractivity contribution in [2.24, 2.45) is 16.5 Å². The molecule has 6 N–H and O–H groups in total. The van der Waals surface area contributed by atoms with Crippen LogP contribution in [0.5, 0.6) is 5.75 Å². The monoisotopic (exact) mass is 519 g/mol. The van der Waals surface area contributed by atoms with E-state index >= 15 is 0 Å². The van der Waals surface area contributed by atoms with E-state index in [4.69, 9.17) is 27.8 Å². The molecule has 2 unspecified atom stereocenters. The molecular weight excluding hydrogens is 495 g/mol. The summed E-state index contributed by atoms with van der Waals surface area (Å²) in [6.07, 6.45) is -0.501. The van der Waals surface area contributed by atoms with E-state index in [1.165, 1.54) is 12.1 Å². The van der Waals surface area contributed by atoms with E-state index in [0.717, 1.165) is 29.8 Å². The van der Waals surface area contributed by atoms with Gasteiger partial charge in [-0.15, -0.1) is 0 Å². The summed E-state index contributed by atoms with van der Waals surface area (Å²) in [6.45, 7) is -0.0310. The lowest BCUT2D eigenvalue weighted by atomic mass is 10.0. The van der Waals surface area contributed by atoms with Gasteiger partial charge in [-0.3, -0.25) is 10.1 Å². The molecule has 0 aliphatic heterocycles. The molecule has 0 spiro atoms. The molecule has 0 heterocycles. The lowest BCUT2D eigenvalue weighted by Gasteiger charge is -2.21. The van der Waals surface area contributed by atoms with Crippen molar-refractivity contribution < 1.29 is 22.7 Å². The zero-order valence-electron chi connectivity index (χ0n) is 19.3. The molecule has 0 bridgehead atoms. The molecule has 3 aromatic carbocycles. The van der Waals surface area contributed by atoms with E-state index in [2.05, 4.69) is 15.6 Å². The van der Waals surface area contributed by atoms with Crippen LogP contribution in [0.2, 0.25) is 5.02 Å². The van der Waals surface area contributed by atoms with Gasteiger partial charge < -0.3 is 21.5 Å². The molecule has 0 radical (unpaired) electrons. The minimum absolute atomic E-state index is 0.0310. The normalized spacial score (nSPS) is 13.1. The van der Waals surface area contributed by atoms with Gasteiger partial charge in [-0.2, -0.15) is 0 Å². The zero-order valence-corrected chi connectivity index (χ0v) is 20.0. The van der Waals surface area contributed by atoms with Gasteiger partial charge in [0, 0.05) is 16.6 Å². The molecule has 11 heteroatoms. The molecule has 190 valence electrons. The molecule has 3 aromatic rings. The third-order valence-electron chi connectivity index (χ3n) is 5.21. The van der Waals surface area contributed by atoms with Crippen molar-refractivity contribution in [2.75, 3.05) is 7.11 Å². The standard InChI is InChI=1S/C25H25ClF3N5O2/c1-36-18-7-3-14(4-8-18)22(30)12-23(31)33-25(32-13-16-2-6-17(27)11-19(16)26)34-24(35)15-5-9-20(28)21(29)10-15/h2-11,22-23H,12-13,30-31H2,1H3,(H2,32,33,34,35). The zero-order chi connectivity index (χ0) is 26.2. The number of hydrogen-bond acceptors (Lipinski definition) is 5. The summed E-state index contributed by atoms with van der Waals surface area (Å²) in [4.78, 5) is 16.9. The summed E-state index contributed by atoms with van der Waals surface area (Å²) in [5.41, 5.74) is 13.7. The quantitative estimate of drug-likeness (QED) is 0.204. The average molecular weight is 520 g/mol. The number of nitrogens with zero attached hydrogens (tertiary/aromatic N) is 1. The molecule has 0 saturated carbocycles. The number of nitrogens with two attached hydrogens (primary N) is 2. The first kappa shape index (κ1) is 27.0. The number of amides is 1. The Kier molecular flexibility index (Phi) is 9.29. The maximum absolute atomic E-state index is 13.6. The molecular formula is C25H25ClF3N5O2. The van der Waals surface area contributed by atoms with E-state index in [9.17, 15) is 18.0 Å². The van der Waals surface area contributed by atoms with Gasteiger partial charge in [0.15, 0.2) is 17.6 Å². The van der Waals surface area contributed by atoms with Crippen LogP contribution in [0.3, 0.4) is 0 Å². The minimum atomic E-state index is -1.17. The predicted molar refractivity (Wildman–Crippen MR) is 132 cm³/mol. The van der Waals surface area contributed by atoms with E-state index in [-0.39, 0.29) is 29.5 Å². The highest BCUT2D eigenvalue weighted by molar-refractivity contribution is 6.31. The summed E-state index contributed by atoms with van der Waals surface area (Å²) in [7, 11) is 1.56. The summed E-state index contributed by atoms with van der Waals surface area (Å²) in [5.74, 6) is -2.89. The molecule has 36 heavy (non-hydrogen) atoms. The van der Waals surface area contributed by atoms with Crippen LogP contribution in [-0.2, 0) is 6.54 Å². The second kappa shape index (κ2) is 12.4. The van der Waals surface area contributed by atoms with Crippen molar-refractivity contribution in [3.63, 3.8) is 0 Å². The van der Waals surface area contributed by atoms with Crippen LogP contribution in [0.15, 0.2) is 65.7 Å². The highest BCUT2D eigenvalue weighted by Crippen LogP contribution is 2.20. The third kappa shape index (κ3) is 7.45. The number of carbonyl (C=O) groups is 1. The smallest absolute Gasteiger partial charge is 0.258 e. The number of ether oxygens (including phenoxy) is 1. The SMILES string of the molecule is COc1ccc(C(N)CC(N)NC(=NCc2ccc(F)cc2Cl)NC(=O)c2ccc(F)c(F)c2)cc1. The van der Waals surface area contributed by atoms with Crippen molar-refractivity contribution in [3.05, 3.63) is 99.8 Å². The van der Waals surface area contributed by atoms with E-state index in [0.29, 0.717) is 11.3 Å². The van der Waals surface area contributed by atoms with E-state index < -0.39 is 35.6 Å². The number of rotatable bonds is 8. The second-order valence-corrected chi connectivity index (χ2v) is 8.26. The Morgan fingerprint density at radius 3 is 2.39 bits per heavy atom. The van der Waals surface area contributed by atoms with Crippen molar-refractivity contribution in [1.82, 2.24) is 10.6 Å². The molecule has 2 atom stereocenters. The first-order chi connectivity index (χ1) is 17.2. The summed E-state index contributed by atoms with van der Waals surface area (Å²) < 4.78 is 45.4. The Balaban J connectivity index is 1.76. The molecule has 0 aliphatic carbocycles. The fourth-order valence-electron chi connectivity index (χ4n) is 3.25. The number of halogens is 4. The molecule has 7 nitrogen and oxygen atoms in total. The molecule has 3 rings (SSSR count). The minimum Gasteiger partial charge on any atom is -0.497 e. The number of methoxy groups -OCH3 is 1. The van der Waals surface area contributed by atoms with E-state index in [1.807, 2.05) is 12.1 Å². The number of guanidine groups is 1. The summed E-state index contributed by atoms with van der Waals surface area (Å²) in [5, 5.41) is 5.52. The van der Waals surface area contributed by atoms with Crippen LogP contribution in [0.4, 0.5) is 13.2 Å². The average Bonchev–Trinajstić information content (AvgIpc) is 2.84. The predicted octanol–water partition coefficient (Wildman–Crippen LogP) is 4.02. The van der Waals surface area contributed by atoms with Crippen LogP contribution >= 0.6 is 11.6 Å². The van der Waals surface area contributed by atoms with Gasteiger partial charge in [-0.05, 0) is 60.0 Å². The van der Waals surface area contributed by atoms with Crippen LogP contribution in [0, 0.1) is 17.5 Å². The van der Waals surface area contributed by atoms with Crippen LogP contribution in [0.1, 0.15) is 33.9 Å². The molecule has 0 aromatic heterocycles. The van der Waals surface area contributed by atoms with Gasteiger partial charge in [0.1, 0.15) is 11.6 Å². The fourth-order valence-corrected chi connectivity index (χ4v) is 3.47. The van der Waals surface area contributed by atoms with Crippen LogP contribution in [0.25, 0.3) is 0 Å². The number of nitrogens with one attached hydrogen (secondary N) is 2. The number of hydrogen-bond donors (Lipinski definition) is 4. The lowest BCUT2D eigenvalue weighted by molar-refractivity contribution is 0.0975. The van der Waals surface area contributed by atoms with E-state index in [1.54, 1.807) is 19.2 Å². The number of benzene rings is 3. The van der Waals surface area contributed by atoms with Gasteiger partial charge in [0.05, 0.1) is 19.8 Å². The fraction of sp³-hybridized carbons (Fsp3) is 0.200. The molecule has 1 amide bonds. The summed E-state index contributed by atoms with van der Waals surface area (Å²) in [6, 6.07) is 13.3. The number of carbonyl (C=O) groups excluding carboxylic acids is 1. The van der Waals surface area contributed by atoms with Crippen molar-refractivity contribution in [2.45, 2.75) is 25.2 Å². The Morgan fingerprint density at radius 2 is 1.75 bits per heavy atom. The topological polar surface area (TPSA) is 115 Å². The molecule has 0 aliphatic rings. The highest BCUT2D eigenvalue weighted by atomic mass is 35.5. The second-order valence-electron chi connectivity index (χ2n) is 7.85. The van der Waals surface area contributed by atoms with Gasteiger partial charge in [0.25, 0.3) is 5.91 Å². The number of aliphatic imine (C=N–C) groups is 1. The van der Waals surface area contributed by atoms with Crippen LogP contribution in [-0.4, -0.2) is 25.1 Å². The highest BCUT2D eigenvalue weighted by Gasteiger charge is 2.17. The molecule has 0 fully saturated rings. The third-order valence-corrected chi connectivity index (χ3v) is 5.56. The van der Waals surface area contributed by atoms with Crippen molar-refractivity contribution in [1.29, 1.82) is 0 Å². The maximum Gasteiger partial charge on any atom is 0.258 e. The Labute approximate surface area is 211 Å². The van der Waals surface area contributed by atoms with Gasteiger partial charge >= 0.3 is 0 Å². The molecule has 0 saturated heterocycles. The Bertz CT molecular complexity index is 1240. The first-order valence-electron chi connectivity index (χ1n) is 10.8. The summed E-state index contributed by atoms with van der Waals surface area (Å²) >= 11 is 6.07. The lowest BCUT2D eigenvalue weighted by Crippen LogP contribution is -2.50. The van der Waals surface area contributed by atoms with Gasteiger partial charge in [0.2, 0.25) is 0 Å². The van der Waals surface area contributed by atoms with Crippen LogP contribution < -0.4 is 26.8 Å². The first-order valence-corrected chi connectivity index (χ1v) is 11.2. The maximum atomic E-state index is 13.6. The van der Waals surface area contributed by atoms with Gasteiger partial charge in [-0.25, -0.2) is 18.2 Å². The largest absolute Gasteiger partial charge is 0.497 e.